The molecule has 0 aromatic carbocycles. The zero-order valence-electron chi connectivity index (χ0n) is 18.1. The summed E-state index contributed by atoms with van der Waals surface area (Å²) in [6, 6.07) is 0. The fraction of sp³-hybridized carbons (Fsp3) is 0.810. The van der Waals surface area contributed by atoms with E-state index in [4.69, 9.17) is 23.7 Å². The van der Waals surface area contributed by atoms with E-state index in [0.717, 1.165) is 0 Å². The lowest BCUT2D eigenvalue weighted by Crippen LogP contribution is -2.78. The summed E-state index contributed by atoms with van der Waals surface area (Å²) in [7, 11) is 2.75. The zero-order chi connectivity index (χ0) is 22.7. The van der Waals surface area contributed by atoms with Crippen LogP contribution in [0.25, 0.3) is 0 Å². The van der Waals surface area contributed by atoms with Gasteiger partial charge >= 0.3 is 11.9 Å². The predicted molar refractivity (Wildman–Crippen MR) is 100 cm³/mol. The Labute approximate surface area is 179 Å². The van der Waals surface area contributed by atoms with Crippen LogP contribution >= 0.6 is 0 Å². The molecule has 9 atom stereocenters. The maximum atomic E-state index is 13.0. The highest BCUT2D eigenvalue weighted by atomic mass is 16.7. The molecule has 0 aromatic heterocycles. The van der Waals surface area contributed by atoms with E-state index in [0.29, 0.717) is 0 Å². The summed E-state index contributed by atoms with van der Waals surface area (Å²) in [5, 5.41) is 33.5. The molecule has 3 saturated heterocycles. The van der Waals surface area contributed by atoms with E-state index >= 15 is 0 Å². The summed E-state index contributed by atoms with van der Waals surface area (Å²) < 4.78 is 28.3. The number of fused-ring (bicyclic) bond motifs is 8. The van der Waals surface area contributed by atoms with Crippen molar-refractivity contribution in [3.8, 4) is 0 Å². The van der Waals surface area contributed by atoms with E-state index in [-0.39, 0.29) is 17.8 Å². The van der Waals surface area contributed by atoms with Crippen LogP contribution in [0.3, 0.4) is 0 Å². The van der Waals surface area contributed by atoms with Crippen molar-refractivity contribution in [3.63, 3.8) is 0 Å². The van der Waals surface area contributed by atoms with Crippen LogP contribution in [-0.4, -0.2) is 89.3 Å². The Bertz CT molecular complexity index is 893. The zero-order valence-corrected chi connectivity index (χ0v) is 18.1. The lowest BCUT2D eigenvalue weighted by atomic mass is 9.48. The van der Waals surface area contributed by atoms with Gasteiger partial charge < -0.3 is 39.0 Å². The molecule has 31 heavy (non-hydrogen) atoms. The van der Waals surface area contributed by atoms with E-state index in [2.05, 4.69) is 0 Å². The van der Waals surface area contributed by atoms with Crippen LogP contribution < -0.4 is 0 Å². The number of carbonyl (C=O) groups excluding carboxylic acids is 2. The van der Waals surface area contributed by atoms with Crippen molar-refractivity contribution in [3.05, 3.63) is 11.3 Å². The summed E-state index contributed by atoms with van der Waals surface area (Å²) in [4.78, 5) is 25.9. The van der Waals surface area contributed by atoms with Crippen LogP contribution in [0.1, 0.15) is 27.2 Å². The van der Waals surface area contributed by atoms with Crippen LogP contribution in [0.2, 0.25) is 0 Å². The van der Waals surface area contributed by atoms with Crippen molar-refractivity contribution >= 4 is 11.9 Å². The highest BCUT2D eigenvalue weighted by Gasteiger charge is 2.95. The Balaban J connectivity index is 1.73. The molecule has 0 aromatic rings. The highest BCUT2D eigenvalue weighted by Crippen LogP contribution is 2.76. The van der Waals surface area contributed by atoms with E-state index in [1.165, 1.54) is 14.2 Å². The third kappa shape index (κ3) is 1.94. The second kappa shape index (κ2) is 5.99. The first-order valence-electron chi connectivity index (χ1n) is 10.4. The standard InChI is InChI=1S/C21H28O10/c1-8(2)20(25)11-17(24)30-14(20)12(28-5)18(3)19(13-15(29-13)21(11,18)26)6-9(16(23)31-19)10(7-22)27-4/h8,11-15,22,25-26H,6-7H2,1-5H3/b10-9+/t11-,12+,13+,14-,15-,18-,19-,20+,21-/m0/s1. The minimum atomic E-state index is -1.91. The molecule has 2 bridgehead atoms. The summed E-state index contributed by atoms with van der Waals surface area (Å²) in [5.41, 5.74) is -6.21. The minimum Gasteiger partial charge on any atom is -0.498 e. The lowest BCUT2D eigenvalue weighted by Gasteiger charge is -2.60. The molecule has 2 saturated carbocycles. The van der Waals surface area contributed by atoms with Gasteiger partial charge in [0.25, 0.3) is 0 Å². The number of epoxide rings is 1. The molecule has 10 heteroatoms. The van der Waals surface area contributed by atoms with Crippen molar-refractivity contribution in [1.29, 1.82) is 0 Å². The van der Waals surface area contributed by atoms with Gasteiger partial charge in [0.1, 0.15) is 47.8 Å². The van der Waals surface area contributed by atoms with E-state index in [9.17, 15) is 24.9 Å². The van der Waals surface area contributed by atoms with E-state index in [1.54, 1.807) is 20.8 Å². The molecule has 3 N–H and O–H groups in total. The molecule has 0 radical (unpaired) electrons. The van der Waals surface area contributed by atoms with E-state index < -0.39 is 77.0 Å². The molecule has 2 aliphatic carbocycles. The predicted octanol–water partition coefficient (Wildman–Crippen LogP) is -0.959. The van der Waals surface area contributed by atoms with Crippen LogP contribution in [-0.2, 0) is 33.3 Å². The molecule has 5 aliphatic rings. The number of rotatable bonds is 4. The molecule has 0 amide bonds. The van der Waals surface area contributed by atoms with Gasteiger partial charge in [-0.15, -0.1) is 0 Å². The van der Waals surface area contributed by atoms with Crippen LogP contribution in [0.15, 0.2) is 11.3 Å². The van der Waals surface area contributed by atoms with Crippen molar-refractivity contribution in [2.45, 2.75) is 68.4 Å². The average molecular weight is 440 g/mol. The van der Waals surface area contributed by atoms with Gasteiger partial charge in [-0.2, -0.15) is 0 Å². The number of esters is 2. The molecular weight excluding hydrogens is 412 g/mol. The first-order chi connectivity index (χ1) is 14.5. The second-order valence-electron chi connectivity index (χ2n) is 9.71. The van der Waals surface area contributed by atoms with Gasteiger partial charge in [0.15, 0.2) is 11.7 Å². The number of hydrogen-bond acceptors (Lipinski definition) is 10. The van der Waals surface area contributed by atoms with Gasteiger partial charge in [0.2, 0.25) is 0 Å². The molecule has 3 heterocycles. The maximum Gasteiger partial charge on any atom is 0.338 e. The Kier molecular flexibility index (Phi) is 4.08. The maximum absolute atomic E-state index is 13.0. The smallest absolute Gasteiger partial charge is 0.338 e. The fourth-order valence-electron chi connectivity index (χ4n) is 7.01. The molecule has 1 spiro atoms. The molecule has 172 valence electrons. The summed E-state index contributed by atoms with van der Waals surface area (Å²) in [6.45, 7) is 4.69. The van der Waals surface area contributed by atoms with Gasteiger partial charge in [0.05, 0.1) is 18.1 Å². The second-order valence-corrected chi connectivity index (χ2v) is 9.71. The minimum absolute atomic E-state index is 0.0108. The summed E-state index contributed by atoms with van der Waals surface area (Å²) >= 11 is 0. The van der Waals surface area contributed by atoms with Crippen molar-refractivity contribution in [1.82, 2.24) is 0 Å². The van der Waals surface area contributed by atoms with Crippen molar-refractivity contribution < 1.29 is 48.6 Å². The third-order valence-electron chi connectivity index (χ3n) is 8.64. The van der Waals surface area contributed by atoms with Gasteiger partial charge in [0, 0.05) is 13.5 Å². The average Bonchev–Trinajstić information content (AvgIpc) is 3.37. The quantitative estimate of drug-likeness (QED) is 0.216. The Morgan fingerprint density at radius 1 is 1.19 bits per heavy atom. The Morgan fingerprint density at radius 3 is 2.42 bits per heavy atom. The van der Waals surface area contributed by atoms with Crippen LogP contribution in [0.5, 0.6) is 0 Å². The van der Waals surface area contributed by atoms with Gasteiger partial charge in [-0.25, -0.2) is 4.79 Å². The number of carbonyl (C=O) groups is 2. The molecule has 5 fully saturated rings. The first kappa shape index (κ1) is 21.1. The monoisotopic (exact) mass is 440 g/mol. The molecule has 0 unspecified atom stereocenters. The van der Waals surface area contributed by atoms with Crippen LogP contribution in [0, 0.1) is 17.3 Å². The van der Waals surface area contributed by atoms with Gasteiger partial charge in [-0.05, 0) is 5.92 Å². The fourth-order valence-corrected chi connectivity index (χ4v) is 7.01. The lowest BCUT2D eigenvalue weighted by molar-refractivity contribution is -0.313. The number of methoxy groups -OCH3 is 2. The number of aliphatic hydroxyl groups excluding tert-OH is 1. The Morgan fingerprint density at radius 2 is 1.87 bits per heavy atom. The number of ether oxygens (including phenoxy) is 5. The third-order valence-corrected chi connectivity index (χ3v) is 8.64. The molecule has 3 aliphatic heterocycles. The number of aliphatic hydroxyl groups is 3. The topological polar surface area (TPSA) is 144 Å². The van der Waals surface area contributed by atoms with Gasteiger partial charge in [-0.3, -0.25) is 4.79 Å². The van der Waals surface area contributed by atoms with Crippen LogP contribution in [0.4, 0.5) is 0 Å². The van der Waals surface area contributed by atoms with Gasteiger partial charge in [-0.1, -0.05) is 20.8 Å². The normalized spacial score (nSPS) is 53.4. The first-order valence-corrected chi connectivity index (χ1v) is 10.4. The van der Waals surface area contributed by atoms with Crippen molar-refractivity contribution in [2.24, 2.45) is 17.3 Å². The molecule has 5 rings (SSSR count). The highest BCUT2D eigenvalue weighted by molar-refractivity contribution is 5.93. The summed E-state index contributed by atoms with van der Waals surface area (Å²) in [5.74, 6) is -3.09. The largest absolute Gasteiger partial charge is 0.498 e. The molecule has 10 nitrogen and oxygen atoms in total. The summed E-state index contributed by atoms with van der Waals surface area (Å²) in [6.07, 6.45) is -3.63. The van der Waals surface area contributed by atoms with E-state index in [1.807, 2.05) is 0 Å². The number of hydrogen-bond donors (Lipinski definition) is 3. The van der Waals surface area contributed by atoms with Crippen molar-refractivity contribution in [2.75, 3.05) is 20.8 Å². The SMILES string of the molecule is CO/C(CO)=C1\C[C@]2(OC1=O)[C@@H]1O[C@@H]1[C@@]1(O)[C@H]3C(=O)O[C@@H]([C@@H](OC)[C@]12C)[C@@]3(O)C(C)C. The molecular formula is C21H28O10. The Hall–Kier alpha value is -1.72.